The number of rotatable bonds is 4. The fourth-order valence-electron chi connectivity index (χ4n) is 1.10. The van der Waals surface area contributed by atoms with Crippen LogP contribution in [-0.2, 0) is 0 Å². The van der Waals surface area contributed by atoms with Crippen LogP contribution in [0.1, 0.15) is 30.1 Å². The van der Waals surface area contributed by atoms with Crippen LogP contribution in [0, 0.1) is 12.3 Å². The van der Waals surface area contributed by atoms with Crippen molar-refractivity contribution in [3.8, 4) is 12.3 Å². The number of aromatic nitrogens is 2. The summed E-state index contributed by atoms with van der Waals surface area (Å²) < 4.78 is 0. The average molecular weight is 191 g/mol. The van der Waals surface area contributed by atoms with Crippen molar-refractivity contribution in [1.82, 2.24) is 15.5 Å². The van der Waals surface area contributed by atoms with Gasteiger partial charge in [-0.25, -0.2) is 0 Å². The third kappa shape index (κ3) is 2.63. The molecular formula is C10H13N3O. The molecule has 0 aliphatic rings. The minimum atomic E-state index is -0.192. The van der Waals surface area contributed by atoms with E-state index in [1.54, 1.807) is 0 Å². The highest BCUT2D eigenvalue weighted by Crippen LogP contribution is 1.98. The maximum atomic E-state index is 11.5. The van der Waals surface area contributed by atoms with Gasteiger partial charge >= 0.3 is 0 Å². The lowest BCUT2D eigenvalue weighted by Gasteiger charge is -2.10. The highest BCUT2D eigenvalue weighted by molar-refractivity contribution is 5.94. The molecule has 0 saturated carbocycles. The van der Waals surface area contributed by atoms with Crippen molar-refractivity contribution in [3.63, 3.8) is 0 Å². The van der Waals surface area contributed by atoms with Crippen LogP contribution in [0.3, 0.4) is 0 Å². The van der Waals surface area contributed by atoms with E-state index in [0.717, 1.165) is 12.8 Å². The third-order valence-electron chi connectivity index (χ3n) is 1.84. The van der Waals surface area contributed by atoms with Crippen LogP contribution in [0.5, 0.6) is 0 Å². The quantitative estimate of drug-likeness (QED) is 0.696. The van der Waals surface area contributed by atoms with Gasteiger partial charge in [0.1, 0.15) is 0 Å². The van der Waals surface area contributed by atoms with Crippen molar-refractivity contribution in [3.05, 3.63) is 18.0 Å². The lowest BCUT2D eigenvalue weighted by molar-refractivity contribution is 0.0944. The number of nitrogens with zero attached hydrogens (tertiary/aromatic N) is 1. The van der Waals surface area contributed by atoms with E-state index < -0.39 is 0 Å². The Labute approximate surface area is 83.1 Å². The third-order valence-corrected chi connectivity index (χ3v) is 1.84. The molecule has 0 bridgehead atoms. The number of carbonyl (C=O) groups excluding carboxylic acids is 1. The standard InChI is InChI=1S/C10H13N3O/c1-3-5-9(4-2)13-10(14)8-6-11-12-7-8/h2,6-7,9H,3,5H2,1H3,(H,11,12)(H,13,14). The van der Waals surface area contributed by atoms with Gasteiger partial charge in [-0.3, -0.25) is 9.89 Å². The first-order valence-electron chi connectivity index (χ1n) is 4.53. The number of carbonyl (C=O) groups is 1. The number of aromatic amines is 1. The largest absolute Gasteiger partial charge is 0.338 e. The van der Waals surface area contributed by atoms with E-state index >= 15 is 0 Å². The Hall–Kier alpha value is -1.76. The maximum absolute atomic E-state index is 11.5. The SMILES string of the molecule is C#CC(CCC)NC(=O)c1cn[nH]c1. The van der Waals surface area contributed by atoms with Crippen LogP contribution in [0.25, 0.3) is 0 Å². The average Bonchev–Trinajstić information content (AvgIpc) is 2.69. The summed E-state index contributed by atoms with van der Waals surface area (Å²) in [6.45, 7) is 2.02. The molecule has 0 fully saturated rings. The first kappa shape index (κ1) is 10.3. The second kappa shape index (κ2) is 5.07. The van der Waals surface area contributed by atoms with Crippen LogP contribution in [0.2, 0.25) is 0 Å². The Bertz CT molecular complexity index is 324. The van der Waals surface area contributed by atoms with Gasteiger partial charge in [0.25, 0.3) is 5.91 Å². The van der Waals surface area contributed by atoms with Crippen molar-refractivity contribution in [2.45, 2.75) is 25.8 Å². The molecule has 1 heterocycles. The molecule has 2 N–H and O–H groups in total. The number of H-pyrrole nitrogens is 1. The first-order chi connectivity index (χ1) is 6.77. The normalized spacial score (nSPS) is 11.7. The molecule has 0 spiro atoms. The summed E-state index contributed by atoms with van der Waals surface area (Å²) in [5.41, 5.74) is 0.501. The summed E-state index contributed by atoms with van der Waals surface area (Å²) >= 11 is 0. The van der Waals surface area contributed by atoms with E-state index in [-0.39, 0.29) is 11.9 Å². The van der Waals surface area contributed by atoms with Crippen LogP contribution in [-0.4, -0.2) is 22.1 Å². The Morgan fingerprint density at radius 2 is 2.64 bits per heavy atom. The minimum Gasteiger partial charge on any atom is -0.338 e. The summed E-state index contributed by atoms with van der Waals surface area (Å²) in [5.74, 6) is 2.35. The number of hydrogen-bond donors (Lipinski definition) is 2. The molecule has 0 saturated heterocycles. The van der Waals surface area contributed by atoms with Crippen molar-refractivity contribution >= 4 is 5.91 Å². The molecule has 0 radical (unpaired) electrons. The van der Waals surface area contributed by atoms with E-state index in [4.69, 9.17) is 6.42 Å². The van der Waals surface area contributed by atoms with Crippen LogP contribution >= 0.6 is 0 Å². The summed E-state index contributed by atoms with van der Waals surface area (Å²) in [6.07, 6.45) is 10.0. The van der Waals surface area contributed by atoms with E-state index in [9.17, 15) is 4.79 Å². The molecule has 14 heavy (non-hydrogen) atoms. The first-order valence-corrected chi connectivity index (χ1v) is 4.53. The van der Waals surface area contributed by atoms with Gasteiger partial charge in [0, 0.05) is 6.20 Å². The Kier molecular flexibility index (Phi) is 3.74. The molecule has 74 valence electrons. The zero-order chi connectivity index (χ0) is 10.4. The summed E-state index contributed by atoms with van der Waals surface area (Å²) in [4.78, 5) is 11.5. The van der Waals surface area contributed by atoms with E-state index in [0.29, 0.717) is 5.56 Å². The predicted octanol–water partition coefficient (Wildman–Crippen LogP) is 0.941. The molecule has 1 amide bonds. The zero-order valence-corrected chi connectivity index (χ0v) is 8.08. The number of hydrogen-bond acceptors (Lipinski definition) is 2. The van der Waals surface area contributed by atoms with Gasteiger partial charge in [0.05, 0.1) is 17.8 Å². The number of nitrogens with one attached hydrogen (secondary N) is 2. The van der Waals surface area contributed by atoms with Crippen molar-refractivity contribution in [2.24, 2.45) is 0 Å². The van der Waals surface area contributed by atoms with E-state index in [1.165, 1.54) is 12.4 Å². The monoisotopic (exact) mass is 191 g/mol. The molecular weight excluding hydrogens is 178 g/mol. The molecule has 1 atom stereocenters. The summed E-state index contributed by atoms with van der Waals surface area (Å²) in [6, 6.07) is -0.192. The second-order valence-corrected chi connectivity index (χ2v) is 2.97. The maximum Gasteiger partial charge on any atom is 0.255 e. The Morgan fingerprint density at radius 3 is 3.14 bits per heavy atom. The second-order valence-electron chi connectivity index (χ2n) is 2.97. The molecule has 0 aliphatic carbocycles. The van der Waals surface area contributed by atoms with Gasteiger partial charge < -0.3 is 5.32 Å². The zero-order valence-electron chi connectivity index (χ0n) is 8.08. The summed E-state index contributed by atoms with van der Waals surface area (Å²) in [5, 5.41) is 8.99. The van der Waals surface area contributed by atoms with Crippen molar-refractivity contribution < 1.29 is 4.79 Å². The fourth-order valence-corrected chi connectivity index (χ4v) is 1.10. The van der Waals surface area contributed by atoms with Crippen molar-refractivity contribution in [1.29, 1.82) is 0 Å². The van der Waals surface area contributed by atoms with Gasteiger partial charge in [0.2, 0.25) is 0 Å². The van der Waals surface area contributed by atoms with Crippen LogP contribution in [0.4, 0.5) is 0 Å². The minimum absolute atomic E-state index is 0.185. The smallest absolute Gasteiger partial charge is 0.255 e. The number of terminal acetylenes is 1. The molecule has 0 aliphatic heterocycles. The topological polar surface area (TPSA) is 57.8 Å². The van der Waals surface area contributed by atoms with Crippen molar-refractivity contribution in [2.75, 3.05) is 0 Å². The molecule has 4 heteroatoms. The van der Waals surface area contributed by atoms with E-state index in [2.05, 4.69) is 21.4 Å². The Morgan fingerprint density at radius 1 is 1.86 bits per heavy atom. The van der Waals surface area contributed by atoms with Gasteiger partial charge in [-0.05, 0) is 6.42 Å². The highest BCUT2D eigenvalue weighted by Gasteiger charge is 2.10. The molecule has 1 rings (SSSR count). The van der Waals surface area contributed by atoms with Crippen LogP contribution in [0.15, 0.2) is 12.4 Å². The highest BCUT2D eigenvalue weighted by atomic mass is 16.1. The van der Waals surface area contributed by atoms with Crippen LogP contribution < -0.4 is 5.32 Å². The number of amides is 1. The van der Waals surface area contributed by atoms with E-state index in [1.807, 2.05) is 6.92 Å². The molecule has 0 aromatic carbocycles. The molecule has 1 aromatic heterocycles. The van der Waals surface area contributed by atoms with Gasteiger partial charge in [-0.15, -0.1) is 6.42 Å². The summed E-state index contributed by atoms with van der Waals surface area (Å²) in [7, 11) is 0. The van der Waals surface area contributed by atoms with Gasteiger partial charge in [0.15, 0.2) is 0 Å². The molecule has 4 nitrogen and oxygen atoms in total. The fraction of sp³-hybridized carbons (Fsp3) is 0.400. The predicted molar refractivity (Wildman–Crippen MR) is 53.6 cm³/mol. The Balaban J connectivity index is 2.52. The van der Waals surface area contributed by atoms with Gasteiger partial charge in [-0.2, -0.15) is 5.10 Å². The molecule has 1 aromatic rings. The molecule has 1 unspecified atom stereocenters. The lowest BCUT2D eigenvalue weighted by Crippen LogP contribution is -2.33. The lowest BCUT2D eigenvalue weighted by atomic mass is 10.1. The van der Waals surface area contributed by atoms with Gasteiger partial charge in [-0.1, -0.05) is 19.3 Å².